The minimum atomic E-state index is -0.393. The maximum absolute atomic E-state index is 12.5. The number of rotatable bonds is 5. The van der Waals surface area contributed by atoms with Crippen LogP contribution in [0, 0.1) is 0 Å². The number of carbonyl (C=O) groups excluding carboxylic acids is 1. The first-order valence-electron chi connectivity index (χ1n) is 7.70. The van der Waals surface area contributed by atoms with Crippen molar-refractivity contribution >= 4 is 5.97 Å². The number of esters is 1. The van der Waals surface area contributed by atoms with Crippen LogP contribution < -0.4 is 4.74 Å². The summed E-state index contributed by atoms with van der Waals surface area (Å²) in [5, 5.41) is 7.33. The SMILES string of the molecule is CCOC(=O)c1c(-c2ccccc2)n[nH]c1-c1ccc(OC)cc1. The molecule has 122 valence electrons. The highest BCUT2D eigenvalue weighted by Gasteiger charge is 2.23. The van der Waals surface area contributed by atoms with Crippen molar-refractivity contribution in [2.24, 2.45) is 0 Å². The van der Waals surface area contributed by atoms with Gasteiger partial charge in [-0.2, -0.15) is 5.10 Å². The van der Waals surface area contributed by atoms with Crippen LogP contribution >= 0.6 is 0 Å². The number of nitrogens with one attached hydrogen (secondary N) is 1. The number of methoxy groups -OCH3 is 1. The highest BCUT2D eigenvalue weighted by Crippen LogP contribution is 2.31. The highest BCUT2D eigenvalue weighted by atomic mass is 16.5. The summed E-state index contributed by atoms with van der Waals surface area (Å²) in [5.74, 6) is 0.357. The molecule has 0 unspecified atom stereocenters. The average Bonchev–Trinajstić information content (AvgIpc) is 3.08. The number of hydrogen-bond donors (Lipinski definition) is 1. The van der Waals surface area contributed by atoms with Crippen molar-refractivity contribution in [3.8, 4) is 28.3 Å². The number of carbonyl (C=O) groups is 1. The average molecular weight is 322 g/mol. The lowest BCUT2D eigenvalue weighted by Crippen LogP contribution is -2.06. The quantitative estimate of drug-likeness (QED) is 0.723. The number of nitrogens with zero attached hydrogens (tertiary/aromatic N) is 1. The fourth-order valence-electron chi connectivity index (χ4n) is 2.52. The summed E-state index contributed by atoms with van der Waals surface area (Å²) >= 11 is 0. The Morgan fingerprint density at radius 3 is 2.38 bits per heavy atom. The molecule has 1 aromatic heterocycles. The minimum absolute atomic E-state index is 0.306. The molecule has 5 nitrogen and oxygen atoms in total. The summed E-state index contributed by atoms with van der Waals surface area (Å²) in [6.45, 7) is 2.09. The summed E-state index contributed by atoms with van der Waals surface area (Å²) in [7, 11) is 1.61. The van der Waals surface area contributed by atoms with Crippen molar-refractivity contribution < 1.29 is 14.3 Å². The first kappa shape index (κ1) is 15.8. The lowest BCUT2D eigenvalue weighted by Gasteiger charge is -2.07. The standard InChI is InChI=1S/C19H18N2O3/c1-3-24-19(22)16-17(13-7-5-4-6-8-13)20-21-18(16)14-9-11-15(23-2)12-10-14/h4-12H,3H2,1-2H3,(H,20,21). The number of aromatic nitrogens is 2. The minimum Gasteiger partial charge on any atom is -0.497 e. The first-order chi connectivity index (χ1) is 11.7. The molecule has 0 amide bonds. The third-order valence-corrected chi connectivity index (χ3v) is 3.67. The third kappa shape index (κ3) is 3.01. The fraction of sp³-hybridized carbons (Fsp3) is 0.158. The van der Waals surface area contributed by atoms with Gasteiger partial charge in [0.15, 0.2) is 0 Å². The van der Waals surface area contributed by atoms with Gasteiger partial charge in [-0.25, -0.2) is 4.79 Å². The Labute approximate surface area is 140 Å². The van der Waals surface area contributed by atoms with Gasteiger partial charge < -0.3 is 9.47 Å². The fourth-order valence-corrected chi connectivity index (χ4v) is 2.52. The molecule has 0 aliphatic heterocycles. The van der Waals surface area contributed by atoms with E-state index in [2.05, 4.69) is 10.2 Å². The smallest absolute Gasteiger partial charge is 0.342 e. The summed E-state index contributed by atoms with van der Waals surface area (Å²) in [4.78, 5) is 12.5. The molecule has 1 heterocycles. The summed E-state index contributed by atoms with van der Waals surface area (Å²) < 4.78 is 10.4. The monoisotopic (exact) mass is 322 g/mol. The topological polar surface area (TPSA) is 64.2 Å². The molecule has 0 radical (unpaired) electrons. The zero-order chi connectivity index (χ0) is 16.9. The summed E-state index contributed by atoms with van der Waals surface area (Å²) in [6.07, 6.45) is 0. The van der Waals surface area contributed by atoms with Crippen LogP contribution in [-0.4, -0.2) is 29.9 Å². The van der Waals surface area contributed by atoms with E-state index in [-0.39, 0.29) is 0 Å². The van der Waals surface area contributed by atoms with Crippen LogP contribution in [0.3, 0.4) is 0 Å². The van der Waals surface area contributed by atoms with Gasteiger partial charge in [-0.05, 0) is 31.2 Å². The van der Waals surface area contributed by atoms with E-state index in [1.165, 1.54) is 0 Å². The molecule has 3 rings (SSSR count). The Morgan fingerprint density at radius 2 is 1.75 bits per heavy atom. The maximum Gasteiger partial charge on any atom is 0.342 e. The Morgan fingerprint density at radius 1 is 1.04 bits per heavy atom. The van der Waals surface area contributed by atoms with Crippen molar-refractivity contribution in [2.45, 2.75) is 6.92 Å². The predicted octanol–water partition coefficient (Wildman–Crippen LogP) is 3.93. The Bertz CT molecular complexity index is 824. The maximum atomic E-state index is 12.5. The molecule has 0 bridgehead atoms. The molecule has 3 aromatic rings. The van der Waals surface area contributed by atoms with E-state index in [4.69, 9.17) is 9.47 Å². The van der Waals surface area contributed by atoms with Gasteiger partial charge in [-0.15, -0.1) is 0 Å². The van der Waals surface area contributed by atoms with Gasteiger partial charge >= 0.3 is 5.97 Å². The number of hydrogen-bond acceptors (Lipinski definition) is 4. The molecule has 0 fully saturated rings. The normalized spacial score (nSPS) is 10.4. The molecule has 0 saturated carbocycles. The van der Waals surface area contributed by atoms with E-state index in [1.54, 1.807) is 14.0 Å². The Hall–Kier alpha value is -3.08. The summed E-state index contributed by atoms with van der Waals surface area (Å²) in [5.41, 5.74) is 3.35. The van der Waals surface area contributed by atoms with Gasteiger partial charge in [0.25, 0.3) is 0 Å². The van der Waals surface area contributed by atoms with Crippen molar-refractivity contribution in [3.05, 3.63) is 60.2 Å². The lowest BCUT2D eigenvalue weighted by molar-refractivity contribution is 0.0528. The van der Waals surface area contributed by atoms with Crippen molar-refractivity contribution in [1.29, 1.82) is 0 Å². The van der Waals surface area contributed by atoms with Gasteiger partial charge in [0.2, 0.25) is 0 Å². The number of H-pyrrole nitrogens is 1. The van der Waals surface area contributed by atoms with Gasteiger partial charge in [0.1, 0.15) is 17.0 Å². The highest BCUT2D eigenvalue weighted by molar-refractivity contribution is 6.02. The van der Waals surface area contributed by atoms with Gasteiger partial charge in [0.05, 0.1) is 19.4 Å². The predicted molar refractivity (Wildman–Crippen MR) is 92.0 cm³/mol. The van der Waals surface area contributed by atoms with Crippen LogP contribution in [0.15, 0.2) is 54.6 Å². The number of ether oxygens (including phenoxy) is 2. The van der Waals surface area contributed by atoms with Gasteiger partial charge in [-0.1, -0.05) is 30.3 Å². The number of benzene rings is 2. The van der Waals surface area contributed by atoms with Crippen LogP contribution in [-0.2, 0) is 4.74 Å². The molecule has 0 aliphatic rings. The van der Waals surface area contributed by atoms with Crippen LogP contribution in [0.4, 0.5) is 0 Å². The lowest BCUT2D eigenvalue weighted by atomic mass is 10.0. The molecule has 24 heavy (non-hydrogen) atoms. The molecule has 0 atom stereocenters. The molecule has 2 aromatic carbocycles. The summed E-state index contributed by atoms with van der Waals surface area (Å²) in [6, 6.07) is 17.0. The zero-order valence-corrected chi connectivity index (χ0v) is 13.6. The Balaban J connectivity index is 2.12. The van der Waals surface area contributed by atoms with E-state index >= 15 is 0 Å². The largest absolute Gasteiger partial charge is 0.497 e. The van der Waals surface area contributed by atoms with E-state index in [1.807, 2.05) is 54.6 Å². The van der Waals surface area contributed by atoms with Gasteiger partial charge in [0, 0.05) is 11.1 Å². The second kappa shape index (κ2) is 7.00. The molecule has 0 aliphatic carbocycles. The van der Waals surface area contributed by atoms with Crippen LogP contribution in [0.5, 0.6) is 5.75 Å². The third-order valence-electron chi connectivity index (χ3n) is 3.67. The van der Waals surface area contributed by atoms with E-state index in [9.17, 15) is 4.79 Å². The Kier molecular flexibility index (Phi) is 4.61. The second-order valence-corrected chi connectivity index (χ2v) is 5.14. The second-order valence-electron chi connectivity index (χ2n) is 5.14. The van der Waals surface area contributed by atoms with Crippen LogP contribution in [0.25, 0.3) is 22.5 Å². The first-order valence-corrected chi connectivity index (χ1v) is 7.70. The van der Waals surface area contributed by atoms with Crippen LogP contribution in [0.2, 0.25) is 0 Å². The van der Waals surface area contributed by atoms with Crippen molar-refractivity contribution in [1.82, 2.24) is 10.2 Å². The molecule has 0 spiro atoms. The molecule has 0 saturated heterocycles. The van der Waals surface area contributed by atoms with E-state index < -0.39 is 5.97 Å². The molecular weight excluding hydrogens is 304 g/mol. The number of aromatic amines is 1. The van der Waals surface area contributed by atoms with Crippen molar-refractivity contribution in [3.63, 3.8) is 0 Å². The van der Waals surface area contributed by atoms with Crippen molar-refractivity contribution in [2.75, 3.05) is 13.7 Å². The molecular formula is C19H18N2O3. The van der Waals surface area contributed by atoms with E-state index in [0.29, 0.717) is 23.6 Å². The zero-order valence-electron chi connectivity index (χ0n) is 13.6. The molecule has 1 N–H and O–H groups in total. The van der Waals surface area contributed by atoms with Gasteiger partial charge in [-0.3, -0.25) is 5.10 Å². The molecule has 5 heteroatoms. The van der Waals surface area contributed by atoms with Crippen LogP contribution in [0.1, 0.15) is 17.3 Å². The van der Waals surface area contributed by atoms with E-state index in [0.717, 1.165) is 16.9 Å².